The van der Waals surface area contributed by atoms with Gasteiger partial charge in [-0.1, -0.05) is 64.6 Å². The molecular weight excluding hydrogens is 132 g/mol. The van der Waals surface area contributed by atoms with E-state index in [2.05, 4.69) is 19.1 Å². The van der Waals surface area contributed by atoms with Gasteiger partial charge in [0.2, 0.25) is 0 Å². The molecule has 0 N–H and O–H groups in total. The predicted octanol–water partition coefficient (Wildman–Crippen LogP) is 4.29. The van der Waals surface area contributed by atoms with Gasteiger partial charge >= 0.3 is 0 Å². The molecule has 0 heterocycles. The Balaban J connectivity index is -0.000000149. The van der Waals surface area contributed by atoms with Gasteiger partial charge < -0.3 is 0 Å². The molecule has 0 aliphatic rings. The minimum atomic E-state index is 0. The molecule has 11 heavy (non-hydrogen) atoms. The number of benzene rings is 1. The molecule has 0 saturated heterocycles. The lowest BCUT2D eigenvalue weighted by Gasteiger charge is -1.82. The van der Waals surface area contributed by atoms with Crippen LogP contribution in [0.3, 0.4) is 0 Å². The molecule has 0 aromatic heterocycles. The Hall–Kier alpha value is -0.780. The first kappa shape index (κ1) is 16.7. The molecule has 0 heteroatoms. The second-order valence-electron chi connectivity index (χ2n) is 1.65. The fourth-order valence-corrected chi connectivity index (χ4v) is 0.534. The van der Waals surface area contributed by atoms with Crippen LogP contribution in [0.1, 0.15) is 34.3 Å². The summed E-state index contributed by atoms with van der Waals surface area (Å²) < 4.78 is 0. The summed E-state index contributed by atoms with van der Waals surface area (Å²) in [5.74, 6) is 0. The van der Waals surface area contributed by atoms with E-state index < -0.39 is 0 Å². The molecule has 0 aliphatic heterocycles. The fraction of sp³-hybridized carbons (Fsp3) is 0.455. The van der Waals surface area contributed by atoms with Crippen molar-refractivity contribution in [3.63, 3.8) is 0 Å². The summed E-state index contributed by atoms with van der Waals surface area (Å²) in [6, 6.07) is 10.3. The van der Waals surface area contributed by atoms with Gasteiger partial charge in [0, 0.05) is 0 Å². The van der Waals surface area contributed by atoms with Crippen molar-refractivity contribution < 1.29 is 0 Å². The van der Waals surface area contributed by atoms with Crippen molar-refractivity contribution in [3.8, 4) is 0 Å². The largest absolute Gasteiger partial charge is 0.0776 e. The quantitative estimate of drug-likeness (QED) is 0.523. The van der Waals surface area contributed by atoms with Crippen LogP contribution in [-0.2, 0) is 0 Å². The van der Waals surface area contributed by atoms with Crippen molar-refractivity contribution in [2.75, 3.05) is 0 Å². The maximum Gasteiger partial charge on any atom is -0.0398 e. The molecule has 0 atom stereocenters. The molecule has 0 fully saturated rings. The molecule has 0 unspecified atom stereocenters. The van der Waals surface area contributed by atoms with Gasteiger partial charge in [0.25, 0.3) is 0 Å². The zero-order valence-electron chi connectivity index (χ0n) is 6.39. The summed E-state index contributed by atoms with van der Waals surface area (Å²) in [7, 11) is 0. The Bertz CT molecular complexity index is 130. The van der Waals surface area contributed by atoms with Crippen LogP contribution < -0.4 is 0 Å². The van der Waals surface area contributed by atoms with Gasteiger partial charge in [-0.3, -0.25) is 0 Å². The van der Waals surface area contributed by atoms with Crippen LogP contribution >= 0.6 is 0 Å². The fourth-order valence-electron chi connectivity index (χ4n) is 0.534. The molecule has 0 saturated carbocycles. The van der Waals surface area contributed by atoms with E-state index in [1.165, 1.54) is 5.56 Å². The van der Waals surface area contributed by atoms with Crippen LogP contribution in [-0.4, -0.2) is 0 Å². The first-order valence-electron chi connectivity index (χ1n) is 3.41. The van der Waals surface area contributed by atoms with Crippen LogP contribution in [0.4, 0.5) is 0 Å². The molecule has 0 aliphatic carbocycles. The van der Waals surface area contributed by atoms with E-state index in [-0.39, 0.29) is 14.9 Å². The van der Waals surface area contributed by atoms with Crippen molar-refractivity contribution >= 4 is 0 Å². The highest BCUT2D eigenvalue weighted by Gasteiger charge is 1.72. The third-order valence-electron chi connectivity index (χ3n) is 0.940. The highest BCUT2D eigenvalue weighted by molar-refractivity contribution is 5.11. The second-order valence-corrected chi connectivity index (χ2v) is 1.65. The van der Waals surface area contributed by atoms with Gasteiger partial charge in [0.1, 0.15) is 0 Å². The van der Waals surface area contributed by atoms with E-state index in [4.69, 9.17) is 0 Å². The zero-order chi connectivity index (χ0) is 7.11. The summed E-state index contributed by atoms with van der Waals surface area (Å²) in [6.45, 7) is 6.08. The Morgan fingerprint density at radius 3 is 1.36 bits per heavy atom. The molecule has 0 amide bonds. The highest BCUT2D eigenvalue weighted by atomic mass is 13.8. The summed E-state index contributed by atoms with van der Waals surface area (Å²) in [5, 5.41) is 0. The minimum Gasteiger partial charge on any atom is -0.0776 e. The Morgan fingerprint density at radius 2 is 1.18 bits per heavy atom. The molecule has 1 aromatic rings. The van der Waals surface area contributed by atoms with Gasteiger partial charge in [-0.15, -0.1) is 0 Å². The van der Waals surface area contributed by atoms with Crippen LogP contribution in [0.5, 0.6) is 0 Å². The Labute approximate surface area is 72.3 Å². The molecule has 1 rings (SSSR count). The first-order valence-corrected chi connectivity index (χ1v) is 3.41. The number of aryl methyl sites for hydroxylation is 1. The van der Waals surface area contributed by atoms with Crippen molar-refractivity contribution in [1.29, 1.82) is 0 Å². The number of hydrogen-bond acceptors (Lipinski definition) is 0. The van der Waals surface area contributed by atoms with Gasteiger partial charge in [0.15, 0.2) is 0 Å². The average molecular weight is 154 g/mol. The molecule has 0 bridgehead atoms. The summed E-state index contributed by atoms with van der Waals surface area (Å²) in [5.41, 5.74) is 1.32. The van der Waals surface area contributed by atoms with E-state index in [0.29, 0.717) is 0 Å². The normalized spacial score (nSPS) is 6.09. The van der Waals surface area contributed by atoms with Crippen molar-refractivity contribution in [2.24, 2.45) is 0 Å². The van der Waals surface area contributed by atoms with Crippen LogP contribution in [0.2, 0.25) is 0 Å². The Morgan fingerprint density at radius 1 is 0.818 bits per heavy atom. The van der Waals surface area contributed by atoms with Crippen molar-refractivity contribution in [1.82, 2.24) is 0 Å². The van der Waals surface area contributed by atoms with Crippen LogP contribution in [0, 0.1) is 6.92 Å². The maximum atomic E-state index is 2.08. The van der Waals surface area contributed by atoms with Crippen molar-refractivity contribution in [2.45, 2.75) is 35.6 Å². The predicted molar refractivity (Wildman–Crippen MR) is 56.0 cm³/mol. The lowest BCUT2D eigenvalue weighted by molar-refractivity contribution is 1.48. The van der Waals surface area contributed by atoms with Gasteiger partial charge in [-0.25, -0.2) is 0 Å². The molecule has 1 aromatic carbocycles. The van der Waals surface area contributed by atoms with Crippen LogP contribution in [0.25, 0.3) is 0 Å². The highest BCUT2D eigenvalue weighted by Crippen LogP contribution is 1.92. The van der Waals surface area contributed by atoms with E-state index in [9.17, 15) is 0 Å². The van der Waals surface area contributed by atoms with Gasteiger partial charge in [-0.2, -0.15) is 0 Å². The van der Waals surface area contributed by atoms with E-state index in [0.717, 1.165) is 0 Å². The molecular formula is C11H22. The average Bonchev–Trinajstić information content (AvgIpc) is 1.94. The molecule has 0 nitrogen and oxygen atoms in total. The summed E-state index contributed by atoms with van der Waals surface area (Å²) in [6.07, 6.45) is 0. The van der Waals surface area contributed by atoms with Crippen molar-refractivity contribution in [3.05, 3.63) is 35.9 Å². The maximum absolute atomic E-state index is 2.08. The van der Waals surface area contributed by atoms with E-state index in [1.54, 1.807) is 0 Å². The standard InChI is InChI=1S/C7H8.C2H6.2CH4/c1-7-5-3-2-4-6-7;1-2;;/h2-6H,1H3;1-2H3;2*1H4. The number of hydrogen-bond donors (Lipinski definition) is 0. The lowest BCUT2D eigenvalue weighted by atomic mass is 10.2. The summed E-state index contributed by atoms with van der Waals surface area (Å²) in [4.78, 5) is 0. The van der Waals surface area contributed by atoms with Crippen LogP contribution in [0.15, 0.2) is 30.3 Å². The second kappa shape index (κ2) is 12.0. The SMILES string of the molecule is C.C.CC.Cc1ccccc1. The third kappa shape index (κ3) is 9.22. The third-order valence-corrected chi connectivity index (χ3v) is 0.940. The zero-order valence-corrected chi connectivity index (χ0v) is 6.39. The first-order chi connectivity index (χ1) is 4.39. The number of rotatable bonds is 0. The molecule has 66 valence electrons. The molecule has 0 radical (unpaired) electrons. The monoisotopic (exact) mass is 154 g/mol. The Kier molecular flexibility index (Phi) is 18.1. The van der Waals surface area contributed by atoms with Gasteiger partial charge in [0.05, 0.1) is 0 Å². The van der Waals surface area contributed by atoms with E-state index in [1.807, 2.05) is 32.0 Å². The van der Waals surface area contributed by atoms with E-state index >= 15 is 0 Å². The minimum absolute atomic E-state index is 0. The lowest BCUT2D eigenvalue weighted by Crippen LogP contribution is -1.62. The smallest absolute Gasteiger partial charge is 0.0398 e. The molecule has 0 spiro atoms. The summed E-state index contributed by atoms with van der Waals surface area (Å²) >= 11 is 0. The topological polar surface area (TPSA) is 0 Å². The van der Waals surface area contributed by atoms with Gasteiger partial charge in [-0.05, 0) is 6.92 Å².